The van der Waals surface area contributed by atoms with Crippen LogP contribution in [-0.4, -0.2) is 47.9 Å². The summed E-state index contributed by atoms with van der Waals surface area (Å²) in [6.07, 6.45) is -0.537. The molecule has 0 fully saturated rings. The number of aromatic hydroxyl groups is 1. The maximum atomic E-state index is 12.7. The summed E-state index contributed by atoms with van der Waals surface area (Å²) >= 11 is 0. The molecule has 8 heteroatoms. The van der Waals surface area contributed by atoms with Gasteiger partial charge in [0.1, 0.15) is 23.4 Å². The number of amides is 2. The van der Waals surface area contributed by atoms with Gasteiger partial charge >= 0.3 is 12.1 Å². The fourth-order valence-electron chi connectivity index (χ4n) is 2.43. The molecule has 0 radical (unpaired) electrons. The fraction of sp³-hybridized carbons (Fsp3) is 0.550. The van der Waals surface area contributed by atoms with Crippen LogP contribution in [0.5, 0.6) is 5.75 Å². The summed E-state index contributed by atoms with van der Waals surface area (Å²) in [5.41, 5.74) is 0.0323. The van der Waals surface area contributed by atoms with Crippen molar-refractivity contribution >= 4 is 18.0 Å². The van der Waals surface area contributed by atoms with Crippen LogP contribution in [0.4, 0.5) is 4.79 Å². The lowest BCUT2D eigenvalue weighted by Crippen LogP contribution is -2.55. The number of alkyl carbamates (subject to hydrolysis) is 1. The van der Waals surface area contributed by atoms with Crippen LogP contribution in [0.3, 0.4) is 0 Å². The maximum Gasteiger partial charge on any atom is 0.408 e. The number of phenols is 1. The Bertz CT molecular complexity index is 679. The van der Waals surface area contributed by atoms with Crippen LogP contribution < -0.4 is 10.6 Å². The molecule has 0 aliphatic heterocycles. The van der Waals surface area contributed by atoms with Gasteiger partial charge in [0.05, 0.1) is 7.11 Å². The normalized spacial score (nSPS) is 13.4. The standard InChI is InChI=1S/C20H30N2O6/c1-12(2)16(22-19(26)28-20(3,4)5)17(24)21-15(18(25)27-6)11-13-7-9-14(23)10-8-13/h7-10,12,15-16,23H,11H2,1-6H3,(H,21,24)(H,22,26). The molecule has 0 bridgehead atoms. The molecule has 0 aromatic heterocycles. The average molecular weight is 394 g/mol. The molecule has 0 saturated carbocycles. The monoisotopic (exact) mass is 394 g/mol. The Morgan fingerprint density at radius 3 is 2.11 bits per heavy atom. The second kappa shape index (κ2) is 9.96. The summed E-state index contributed by atoms with van der Waals surface area (Å²) in [5.74, 6) is -1.26. The number of phenolic OH excluding ortho intramolecular Hbond substituents is 1. The van der Waals surface area contributed by atoms with Crippen molar-refractivity contribution in [1.29, 1.82) is 0 Å². The molecule has 0 aliphatic rings. The first-order chi connectivity index (χ1) is 12.9. The first-order valence-corrected chi connectivity index (χ1v) is 9.08. The van der Waals surface area contributed by atoms with Crippen molar-refractivity contribution in [3.05, 3.63) is 29.8 Å². The van der Waals surface area contributed by atoms with Crippen LogP contribution >= 0.6 is 0 Å². The molecule has 156 valence electrons. The largest absolute Gasteiger partial charge is 0.508 e. The van der Waals surface area contributed by atoms with Gasteiger partial charge in [-0.2, -0.15) is 0 Å². The summed E-state index contributed by atoms with van der Waals surface area (Å²) in [6, 6.07) is 4.46. The van der Waals surface area contributed by atoms with E-state index in [0.717, 1.165) is 5.56 Å². The van der Waals surface area contributed by atoms with Crippen molar-refractivity contribution in [2.45, 2.75) is 58.7 Å². The number of benzene rings is 1. The predicted molar refractivity (Wildman–Crippen MR) is 104 cm³/mol. The van der Waals surface area contributed by atoms with Crippen molar-refractivity contribution in [1.82, 2.24) is 10.6 Å². The molecular formula is C20H30N2O6. The Morgan fingerprint density at radius 2 is 1.64 bits per heavy atom. The highest BCUT2D eigenvalue weighted by molar-refractivity contribution is 5.90. The first-order valence-electron chi connectivity index (χ1n) is 9.08. The van der Waals surface area contributed by atoms with Crippen molar-refractivity contribution in [3.63, 3.8) is 0 Å². The Hall–Kier alpha value is -2.77. The summed E-state index contributed by atoms with van der Waals surface area (Å²) in [4.78, 5) is 36.9. The Morgan fingerprint density at radius 1 is 1.07 bits per heavy atom. The van der Waals surface area contributed by atoms with Crippen LogP contribution in [0.2, 0.25) is 0 Å². The summed E-state index contributed by atoms with van der Waals surface area (Å²) in [7, 11) is 1.23. The Labute approximate surface area is 165 Å². The number of esters is 1. The van der Waals surface area contributed by atoms with Crippen molar-refractivity contribution in [2.24, 2.45) is 5.92 Å². The van der Waals surface area contributed by atoms with Crippen molar-refractivity contribution < 1.29 is 29.0 Å². The minimum atomic E-state index is -0.941. The van der Waals surface area contributed by atoms with Gasteiger partial charge in [0.2, 0.25) is 5.91 Å². The van der Waals surface area contributed by atoms with E-state index in [1.165, 1.54) is 19.2 Å². The number of ether oxygens (including phenoxy) is 2. The second-order valence-corrected chi connectivity index (χ2v) is 7.82. The SMILES string of the molecule is COC(=O)C(Cc1ccc(O)cc1)NC(=O)C(NC(=O)OC(C)(C)C)C(C)C. The minimum Gasteiger partial charge on any atom is -0.508 e. The molecule has 28 heavy (non-hydrogen) atoms. The van der Waals surface area contributed by atoms with Gasteiger partial charge < -0.3 is 25.2 Å². The van der Waals surface area contributed by atoms with Gasteiger partial charge in [-0.1, -0.05) is 26.0 Å². The summed E-state index contributed by atoms with van der Waals surface area (Å²) in [5, 5.41) is 14.6. The van der Waals surface area contributed by atoms with E-state index in [0.29, 0.717) is 0 Å². The van der Waals surface area contributed by atoms with E-state index in [2.05, 4.69) is 10.6 Å². The molecule has 1 aromatic rings. The zero-order valence-electron chi connectivity index (χ0n) is 17.2. The zero-order chi connectivity index (χ0) is 21.5. The highest BCUT2D eigenvalue weighted by Crippen LogP contribution is 2.13. The first kappa shape index (κ1) is 23.3. The molecule has 3 N–H and O–H groups in total. The topological polar surface area (TPSA) is 114 Å². The predicted octanol–water partition coefficient (Wildman–Crippen LogP) is 2.14. The second-order valence-electron chi connectivity index (χ2n) is 7.82. The number of nitrogens with one attached hydrogen (secondary N) is 2. The molecular weight excluding hydrogens is 364 g/mol. The van der Waals surface area contributed by atoms with Gasteiger partial charge in [-0.05, 0) is 44.4 Å². The van der Waals surface area contributed by atoms with Crippen molar-refractivity contribution in [2.75, 3.05) is 7.11 Å². The average Bonchev–Trinajstić information content (AvgIpc) is 2.58. The number of hydrogen-bond acceptors (Lipinski definition) is 6. The molecule has 0 heterocycles. The Balaban J connectivity index is 2.88. The van der Waals surface area contributed by atoms with Gasteiger partial charge in [0.15, 0.2) is 0 Å². The summed E-state index contributed by atoms with van der Waals surface area (Å²) in [6.45, 7) is 8.72. The Kier molecular flexibility index (Phi) is 8.28. The molecule has 8 nitrogen and oxygen atoms in total. The van der Waals surface area contributed by atoms with Crippen LogP contribution in [0.25, 0.3) is 0 Å². The van der Waals surface area contributed by atoms with E-state index in [-0.39, 0.29) is 18.1 Å². The van der Waals surface area contributed by atoms with Crippen LogP contribution in [0, 0.1) is 5.92 Å². The van der Waals surface area contributed by atoms with Gasteiger partial charge in [-0.3, -0.25) is 4.79 Å². The van der Waals surface area contributed by atoms with Gasteiger partial charge in [-0.15, -0.1) is 0 Å². The third kappa shape index (κ3) is 7.85. The lowest BCUT2D eigenvalue weighted by atomic mass is 10.0. The molecule has 2 unspecified atom stereocenters. The molecule has 0 saturated heterocycles. The smallest absolute Gasteiger partial charge is 0.408 e. The van der Waals surface area contributed by atoms with E-state index < -0.39 is 35.7 Å². The third-order valence-corrected chi connectivity index (χ3v) is 3.80. The quantitative estimate of drug-likeness (QED) is 0.611. The van der Waals surface area contributed by atoms with Crippen molar-refractivity contribution in [3.8, 4) is 5.75 Å². The van der Waals surface area contributed by atoms with E-state index in [1.807, 2.05) is 0 Å². The lowest BCUT2D eigenvalue weighted by molar-refractivity contribution is -0.145. The highest BCUT2D eigenvalue weighted by atomic mass is 16.6. The number of carbonyl (C=O) groups is 3. The van der Waals surface area contributed by atoms with Crippen LogP contribution in [0.1, 0.15) is 40.2 Å². The van der Waals surface area contributed by atoms with Gasteiger partial charge in [0.25, 0.3) is 0 Å². The molecule has 1 rings (SSSR count). The lowest BCUT2D eigenvalue weighted by Gasteiger charge is -2.26. The number of methoxy groups -OCH3 is 1. The summed E-state index contributed by atoms with van der Waals surface area (Å²) < 4.78 is 9.98. The van der Waals surface area contributed by atoms with E-state index in [4.69, 9.17) is 9.47 Å². The van der Waals surface area contributed by atoms with E-state index in [9.17, 15) is 19.5 Å². The maximum absolute atomic E-state index is 12.7. The number of hydrogen-bond donors (Lipinski definition) is 3. The van der Waals surface area contributed by atoms with Crippen LogP contribution in [0.15, 0.2) is 24.3 Å². The molecule has 0 spiro atoms. The highest BCUT2D eigenvalue weighted by Gasteiger charge is 2.30. The molecule has 2 amide bonds. The zero-order valence-corrected chi connectivity index (χ0v) is 17.2. The number of carbonyl (C=O) groups excluding carboxylic acids is 3. The van der Waals surface area contributed by atoms with Crippen LogP contribution in [-0.2, 0) is 25.5 Å². The molecule has 0 aliphatic carbocycles. The minimum absolute atomic E-state index is 0.101. The molecule has 2 atom stereocenters. The van der Waals surface area contributed by atoms with E-state index in [1.54, 1.807) is 46.8 Å². The van der Waals surface area contributed by atoms with Gasteiger partial charge in [0, 0.05) is 6.42 Å². The fourth-order valence-corrected chi connectivity index (χ4v) is 2.43. The number of rotatable bonds is 7. The molecule has 1 aromatic carbocycles. The van der Waals surface area contributed by atoms with E-state index >= 15 is 0 Å². The third-order valence-electron chi connectivity index (χ3n) is 3.80. The van der Waals surface area contributed by atoms with Gasteiger partial charge in [-0.25, -0.2) is 9.59 Å².